The van der Waals surface area contributed by atoms with Crippen LogP contribution in [-0.2, 0) is 14.9 Å². The van der Waals surface area contributed by atoms with Crippen molar-refractivity contribution in [3.63, 3.8) is 0 Å². The number of carbonyl (C=O) groups is 1. The van der Waals surface area contributed by atoms with Crippen molar-refractivity contribution in [1.29, 1.82) is 0 Å². The number of ether oxygens (including phenoxy) is 1. The van der Waals surface area contributed by atoms with Crippen molar-refractivity contribution in [2.24, 2.45) is 16.8 Å². The third-order valence-corrected chi connectivity index (χ3v) is 6.71. The van der Waals surface area contributed by atoms with Crippen LogP contribution in [0, 0.1) is 11.8 Å². The summed E-state index contributed by atoms with van der Waals surface area (Å²) in [5.74, 6) is -0.283. The van der Waals surface area contributed by atoms with Gasteiger partial charge in [0, 0.05) is 24.8 Å². The van der Waals surface area contributed by atoms with Gasteiger partial charge in [-0.25, -0.2) is 0 Å². The zero-order valence-electron chi connectivity index (χ0n) is 14.3. The number of hydrogen-bond donors (Lipinski definition) is 1. The topological polar surface area (TPSA) is 62.1 Å². The number of fused-ring (bicyclic) bond motifs is 2. The van der Waals surface area contributed by atoms with Gasteiger partial charge in [-0.2, -0.15) is 0 Å². The number of hydrogen-bond acceptors (Lipinski definition) is 5. The van der Waals surface area contributed by atoms with Crippen LogP contribution in [0.1, 0.15) is 18.4 Å². The lowest BCUT2D eigenvalue weighted by atomic mass is 9.51. The smallest absolute Gasteiger partial charge is 0.310 e. The molecule has 3 fully saturated rings. The second-order valence-electron chi connectivity index (χ2n) is 7.53. The first-order chi connectivity index (χ1) is 12.2. The van der Waals surface area contributed by atoms with E-state index in [0.29, 0.717) is 6.04 Å². The van der Waals surface area contributed by atoms with Gasteiger partial charge in [-0.15, -0.1) is 0 Å². The molecule has 5 heteroatoms. The van der Waals surface area contributed by atoms with Crippen LogP contribution in [0.25, 0.3) is 0 Å². The maximum atomic E-state index is 13.0. The van der Waals surface area contributed by atoms with Crippen LogP contribution in [-0.4, -0.2) is 54.5 Å². The number of rotatable bonds is 2. The molecule has 3 bridgehead atoms. The van der Waals surface area contributed by atoms with Crippen LogP contribution in [0.4, 0.5) is 5.69 Å². The minimum atomic E-state index is -0.345. The number of aliphatic hydroxyl groups is 1. The van der Waals surface area contributed by atoms with Gasteiger partial charge in [-0.3, -0.25) is 14.7 Å². The van der Waals surface area contributed by atoms with Gasteiger partial charge in [0.25, 0.3) is 0 Å². The molecule has 5 nitrogen and oxygen atoms in total. The maximum Gasteiger partial charge on any atom is 0.310 e. The highest BCUT2D eigenvalue weighted by Crippen LogP contribution is 2.60. The molecule has 2 saturated heterocycles. The quantitative estimate of drug-likeness (QED) is 0.660. The molecule has 5 rings (SSSR count). The fraction of sp³-hybridized carbons (Fsp3) is 0.500. The number of esters is 1. The first kappa shape index (κ1) is 15.3. The Morgan fingerprint density at radius 3 is 3.12 bits per heavy atom. The van der Waals surface area contributed by atoms with E-state index in [1.54, 1.807) is 0 Å². The predicted molar refractivity (Wildman–Crippen MR) is 94.0 cm³/mol. The van der Waals surface area contributed by atoms with Crippen molar-refractivity contribution in [1.82, 2.24) is 4.90 Å². The summed E-state index contributed by atoms with van der Waals surface area (Å²) in [6.45, 7) is 1.78. The Balaban J connectivity index is 1.76. The van der Waals surface area contributed by atoms with Gasteiger partial charge in [0.2, 0.25) is 0 Å². The third kappa shape index (κ3) is 1.80. The molecule has 0 unspecified atom stereocenters. The zero-order chi connectivity index (χ0) is 17.2. The molecule has 1 aliphatic carbocycles. The van der Waals surface area contributed by atoms with E-state index in [1.807, 2.05) is 18.2 Å². The Bertz CT molecular complexity index is 815. The largest absolute Gasteiger partial charge is 0.469 e. The molecule has 4 atom stereocenters. The highest BCUT2D eigenvalue weighted by Gasteiger charge is 2.65. The first-order valence-corrected chi connectivity index (χ1v) is 9.01. The van der Waals surface area contributed by atoms with E-state index < -0.39 is 0 Å². The number of carbonyl (C=O) groups excluding carboxylic acids is 1. The molecule has 1 aromatic rings. The lowest BCUT2D eigenvalue weighted by Crippen LogP contribution is -2.68. The number of para-hydroxylation sites is 1. The lowest BCUT2D eigenvalue weighted by molar-refractivity contribution is -0.151. The van der Waals surface area contributed by atoms with Gasteiger partial charge in [-0.05, 0) is 30.4 Å². The minimum Gasteiger partial charge on any atom is -0.469 e. The SMILES string of the molecule is COC(=O)[C@H]1[C@H]2C[C@@H]3C4=Nc5ccccc5[C@@]41CCN3CC2=CCO. The Morgan fingerprint density at radius 1 is 1.48 bits per heavy atom. The van der Waals surface area contributed by atoms with E-state index in [2.05, 4.69) is 17.0 Å². The van der Waals surface area contributed by atoms with Crippen molar-refractivity contribution in [2.45, 2.75) is 24.3 Å². The molecular weight excluding hydrogens is 316 g/mol. The van der Waals surface area contributed by atoms with Crippen LogP contribution in [0.15, 0.2) is 40.9 Å². The first-order valence-electron chi connectivity index (χ1n) is 9.01. The monoisotopic (exact) mass is 338 g/mol. The Kier molecular flexibility index (Phi) is 3.21. The standard InChI is InChI=1S/C20H22N2O3/c1-25-19(24)17-13-10-16-18-20(17,14-4-2-3-5-15(14)21-18)7-8-22(16)11-12(13)6-9-23/h2-6,13,16-17,23H,7-11H2,1H3/t13-,16+,17+,20+/m0/s1. The Morgan fingerprint density at radius 2 is 2.32 bits per heavy atom. The van der Waals surface area contributed by atoms with E-state index in [4.69, 9.17) is 9.73 Å². The molecule has 1 saturated carbocycles. The van der Waals surface area contributed by atoms with Gasteiger partial charge in [0.1, 0.15) is 0 Å². The number of benzene rings is 1. The van der Waals surface area contributed by atoms with Crippen molar-refractivity contribution in [3.05, 3.63) is 41.5 Å². The summed E-state index contributed by atoms with van der Waals surface area (Å²) in [4.78, 5) is 20.4. The molecule has 1 aromatic carbocycles. The van der Waals surface area contributed by atoms with Gasteiger partial charge >= 0.3 is 5.97 Å². The molecule has 25 heavy (non-hydrogen) atoms. The highest BCUT2D eigenvalue weighted by atomic mass is 16.5. The van der Waals surface area contributed by atoms with Gasteiger partial charge in [-0.1, -0.05) is 29.8 Å². The van der Waals surface area contributed by atoms with Gasteiger partial charge in [0.05, 0.1) is 30.7 Å². The summed E-state index contributed by atoms with van der Waals surface area (Å²) in [6, 6.07) is 8.54. The Labute approximate surface area is 147 Å². The van der Waals surface area contributed by atoms with Crippen molar-refractivity contribution >= 4 is 17.4 Å². The maximum absolute atomic E-state index is 13.0. The average molecular weight is 338 g/mol. The highest BCUT2D eigenvalue weighted by molar-refractivity contribution is 6.09. The van der Waals surface area contributed by atoms with Crippen molar-refractivity contribution in [3.8, 4) is 0 Å². The van der Waals surface area contributed by atoms with Crippen molar-refractivity contribution in [2.75, 3.05) is 26.8 Å². The average Bonchev–Trinajstić information content (AvgIpc) is 2.98. The molecular formula is C20H22N2O3. The number of aliphatic hydroxyl groups excluding tert-OH is 1. The van der Waals surface area contributed by atoms with E-state index in [1.165, 1.54) is 18.2 Å². The van der Waals surface area contributed by atoms with Crippen LogP contribution < -0.4 is 0 Å². The lowest BCUT2D eigenvalue weighted by Gasteiger charge is -2.59. The molecule has 3 aliphatic heterocycles. The molecule has 0 aromatic heterocycles. The second kappa shape index (κ2) is 5.26. The molecule has 1 N–H and O–H groups in total. The third-order valence-electron chi connectivity index (χ3n) is 6.71. The van der Waals surface area contributed by atoms with E-state index in [-0.39, 0.29) is 29.8 Å². The fourth-order valence-electron chi connectivity index (χ4n) is 5.79. The summed E-state index contributed by atoms with van der Waals surface area (Å²) in [5, 5.41) is 9.48. The second-order valence-corrected chi connectivity index (χ2v) is 7.53. The summed E-state index contributed by atoms with van der Waals surface area (Å²) in [7, 11) is 1.48. The van der Waals surface area contributed by atoms with Crippen LogP contribution in [0.5, 0.6) is 0 Å². The molecule has 0 spiro atoms. The molecule has 3 heterocycles. The van der Waals surface area contributed by atoms with Crippen molar-refractivity contribution < 1.29 is 14.6 Å². The normalized spacial score (nSPS) is 36.8. The Hall–Kier alpha value is -1.98. The van der Waals surface area contributed by atoms with Crippen LogP contribution in [0.3, 0.4) is 0 Å². The van der Waals surface area contributed by atoms with Gasteiger partial charge < -0.3 is 9.84 Å². The van der Waals surface area contributed by atoms with E-state index in [0.717, 1.165) is 37.3 Å². The zero-order valence-corrected chi connectivity index (χ0v) is 14.3. The van der Waals surface area contributed by atoms with E-state index in [9.17, 15) is 9.90 Å². The van der Waals surface area contributed by atoms with Crippen LogP contribution >= 0.6 is 0 Å². The summed E-state index contributed by atoms with van der Waals surface area (Å²) < 4.78 is 5.28. The van der Waals surface area contributed by atoms with Crippen LogP contribution in [0.2, 0.25) is 0 Å². The molecule has 130 valence electrons. The summed E-state index contributed by atoms with van der Waals surface area (Å²) >= 11 is 0. The fourth-order valence-corrected chi connectivity index (χ4v) is 5.79. The number of piperidine rings is 2. The van der Waals surface area contributed by atoms with E-state index >= 15 is 0 Å². The minimum absolute atomic E-state index is 0.0166. The molecule has 0 radical (unpaired) electrons. The predicted octanol–water partition coefficient (Wildman–Crippen LogP) is 1.83. The number of aliphatic imine (C=N–C) groups is 1. The molecule has 0 amide bonds. The number of methoxy groups -OCH3 is 1. The number of nitrogens with zero attached hydrogens (tertiary/aromatic N) is 2. The summed E-state index contributed by atoms with van der Waals surface area (Å²) in [6.07, 6.45) is 3.69. The summed E-state index contributed by atoms with van der Waals surface area (Å²) in [5.41, 5.74) is 4.18. The molecule has 4 aliphatic rings. The van der Waals surface area contributed by atoms with Gasteiger partial charge in [0.15, 0.2) is 0 Å².